The first-order valence-corrected chi connectivity index (χ1v) is 28.1. The number of aliphatic imine (C=N–C) groups is 1. The number of rotatable bonds is 28. The maximum absolute atomic E-state index is 14.2. The summed E-state index contributed by atoms with van der Waals surface area (Å²) >= 11 is 4.12. The fraction of sp³-hybridized carbons (Fsp3) is 0.475. The lowest BCUT2D eigenvalue weighted by atomic mass is 10.1. The van der Waals surface area contributed by atoms with E-state index in [0.29, 0.717) is 105 Å². The highest BCUT2D eigenvalue weighted by molar-refractivity contribution is 7.81. The molecule has 5 atom stereocenters. The van der Waals surface area contributed by atoms with Gasteiger partial charge in [0.15, 0.2) is 29.2 Å². The van der Waals surface area contributed by atoms with Crippen LogP contribution >= 0.6 is 12.6 Å². The van der Waals surface area contributed by atoms with Gasteiger partial charge in [-0.1, -0.05) is 56.2 Å². The van der Waals surface area contributed by atoms with Gasteiger partial charge in [0.05, 0.1) is 68.2 Å². The lowest BCUT2D eigenvalue weighted by Crippen LogP contribution is -2.50. The molecule has 4 aliphatic heterocycles. The summed E-state index contributed by atoms with van der Waals surface area (Å²) in [7, 11) is 3.01. The van der Waals surface area contributed by atoms with E-state index in [1.807, 2.05) is 26.0 Å². The summed E-state index contributed by atoms with van der Waals surface area (Å²) in [6, 6.07) is 11.3. The van der Waals surface area contributed by atoms with Crippen LogP contribution in [0, 0.1) is 6.92 Å². The zero-order valence-electron chi connectivity index (χ0n) is 46.9. The molecule has 0 saturated carbocycles. The maximum atomic E-state index is 14.2. The van der Waals surface area contributed by atoms with Crippen LogP contribution in [0.25, 0.3) is 0 Å². The van der Waals surface area contributed by atoms with Gasteiger partial charge in [-0.2, -0.15) is 12.6 Å². The van der Waals surface area contributed by atoms with E-state index < -0.39 is 47.4 Å². The van der Waals surface area contributed by atoms with Crippen LogP contribution < -0.4 is 39.8 Å². The van der Waals surface area contributed by atoms with E-state index in [1.54, 1.807) is 42.5 Å². The number of fused-ring (bicyclic) bond motifs is 2. The second-order valence-electron chi connectivity index (χ2n) is 20.7. The van der Waals surface area contributed by atoms with E-state index in [0.717, 1.165) is 22.4 Å². The number of methoxy groups -OCH3 is 2. The second-order valence-corrected chi connectivity index (χ2v) is 21.3. The molecule has 23 heteroatoms. The molecule has 3 saturated heterocycles. The monoisotopic (exact) mass is 1150 g/mol. The lowest BCUT2D eigenvalue weighted by molar-refractivity contribution is -0.138. The first kappa shape index (κ1) is 61.7. The molecule has 22 nitrogen and oxygen atoms in total. The Bertz CT molecular complexity index is 2920. The lowest BCUT2D eigenvalue weighted by Gasteiger charge is -2.31. The number of benzene rings is 3. The average Bonchev–Trinajstić information content (AvgIpc) is 4.20. The van der Waals surface area contributed by atoms with Gasteiger partial charge in [0.25, 0.3) is 5.91 Å². The highest BCUT2D eigenvalue weighted by Gasteiger charge is 2.46. The van der Waals surface area contributed by atoms with Crippen LogP contribution in [0.2, 0.25) is 0 Å². The minimum absolute atomic E-state index is 0.0683. The van der Waals surface area contributed by atoms with Gasteiger partial charge < -0.3 is 54.5 Å². The number of unbranched alkanes of at least 4 members (excludes halogenated alkanes) is 4. The zero-order valence-corrected chi connectivity index (χ0v) is 47.8. The van der Waals surface area contributed by atoms with E-state index in [9.17, 15) is 43.5 Å². The number of amides is 8. The number of imide groups is 1. The first-order chi connectivity index (χ1) is 39.4. The summed E-state index contributed by atoms with van der Waals surface area (Å²) in [5, 5.41) is 19.4. The number of hydrogen-bond acceptors (Lipinski definition) is 16. The molecule has 0 radical (unpaired) electrons. The molecule has 3 fully saturated rings. The maximum Gasteiger partial charge on any atom is 0.416 e. The summed E-state index contributed by atoms with van der Waals surface area (Å²) in [5.41, 5.74) is 4.36. The first-order valence-electron chi connectivity index (χ1n) is 27.6. The Hall–Kier alpha value is -7.92. The SMILES string of the molecule is C=C1CC(C=Nc2cc(OCCCCCOc3cc4c(cc3OC)C(=O)N3CC(=C)CC3C(O)N4C(=O)OCc3ccc(NC(=O)C(CCC)NC(=O)CNC(=O)CCCCCN4C(=O)CC(S)C4=O)cc3)c(OC)cc2C)N(C=O)C1. The molecule has 0 spiro atoms. The van der Waals surface area contributed by atoms with Gasteiger partial charge in [0, 0.05) is 56.5 Å². The van der Waals surface area contributed by atoms with Crippen molar-refractivity contribution in [3.63, 3.8) is 0 Å². The second kappa shape index (κ2) is 29.2. The molecule has 5 unspecified atom stereocenters. The quantitative estimate of drug-likeness (QED) is 0.0133. The van der Waals surface area contributed by atoms with E-state index in [-0.39, 0.29) is 98.6 Å². The third-order valence-corrected chi connectivity index (χ3v) is 14.9. The summed E-state index contributed by atoms with van der Waals surface area (Å²) in [6.45, 7) is 12.8. The van der Waals surface area contributed by atoms with Crippen molar-refractivity contribution in [1.82, 2.24) is 25.3 Å². The molecule has 4 heterocycles. The van der Waals surface area contributed by atoms with Crippen LogP contribution in [0.4, 0.5) is 21.9 Å². The molecule has 4 aliphatic rings. The van der Waals surface area contributed by atoms with Crippen molar-refractivity contribution in [2.45, 2.75) is 127 Å². The standard InChI is InChI=1S/C59H74N8O14S/c1-7-14-43(63-53(70)31-61-52(69)15-10-8-11-20-65-54(71)29-51(82)58(65)75)55(72)62-40-18-16-39(17-19-40)34-81-59(76)67-45-28-50(48(78-6)26-42(45)56(73)66-33-37(3)24-46(66)57(67)74)80-22-13-9-12-21-79-49-27-44(38(4)25-47(49)77-5)60-30-41-23-36(2)32-64(41)35-68/h16-19,25-28,30,35,41,43,46,51,57,74,82H,2-3,7-15,20-24,29,31-34H2,1,4-6H3,(H,61,69)(H,62,72)(H,63,70). The average molecular weight is 1150 g/mol. The molecule has 440 valence electrons. The molecule has 3 aromatic rings. The number of nitrogens with zero attached hydrogens (tertiary/aromatic N) is 5. The minimum atomic E-state index is -1.52. The van der Waals surface area contributed by atoms with Crippen molar-refractivity contribution in [2.24, 2.45) is 4.99 Å². The number of likely N-dealkylation sites (tertiary alicyclic amines) is 2. The number of hydrogen-bond donors (Lipinski definition) is 5. The summed E-state index contributed by atoms with van der Waals surface area (Å²) in [5.74, 6) is -0.763. The van der Waals surface area contributed by atoms with Gasteiger partial charge in [-0.3, -0.25) is 43.5 Å². The molecule has 7 rings (SSSR count). The Morgan fingerprint density at radius 1 is 0.854 bits per heavy atom. The van der Waals surface area contributed by atoms with E-state index in [4.69, 9.17) is 23.7 Å². The topological polar surface area (TPSA) is 264 Å². The van der Waals surface area contributed by atoms with Crippen LogP contribution in [0.15, 0.2) is 77.8 Å². The molecular formula is C59H74N8O14S. The largest absolute Gasteiger partial charge is 0.493 e. The predicted octanol–water partition coefficient (Wildman–Crippen LogP) is 6.33. The number of carbonyl (C=O) groups is 8. The van der Waals surface area contributed by atoms with Crippen molar-refractivity contribution < 1.29 is 67.1 Å². The summed E-state index contributed by atoms with van der Waals surface area (Å²) in [6.07, 6.45) is 5.78. The normalized spacial score (nSPS) is 19.0. The van der Waals surface area contributed by atoms with Crippen molar-refractivity contribution in [3.8, 4) is 23.0 Å². The molecule has 0 bridgehead atoms. The number of ether oxygens (including phenoxy) is 5. The number of anilines is 2. The third kappa shape index (κ3) is 15.7. The molecule has 0 aromatic heterocycles. The summed E-state index contributed by atoms with van der Waals surface area (Å²) in [4.78, 5) is 113. The van der Waals surface area contributed by atoms with Crippen LogP contribution in [-0.4, -0.2) is 157 Å². The van der Waals surface area contributed by atoms with Gasteiger partial charge in [-0.25, -0.2) is 9.69 Å². The van der Waals surface area contributed by atoms with Crippen molar-refractivity contribution in [3.05, 3.63) is 89.5 Å². The van der Waals surface area contributed by atoms with Gasteiger partial charge in [0.2, 0.25) is 35.9 Å². The molecule has 0 aliphatic carbocycles. The summed E-state index contributed by atoms with van der Waals surface area (Å²) < 4.78 is 29.5. The van der Waals surface area contributed by atoms with Crippen molar-refractivity contribution in [2.75, 3.05) is 63.8 Å². The van der Waals surface area contributed by atoms with Crippen molar-refractivity contribution in [1.29, 1.82) is 0 Å². The highest BCUT2D eigenvalue weighted by Crippen LogP contribution is 2.42. The van der Waals surface area contributed by atoms with E-state index in [2.05, 4.69) is 46.7 Å². The zero-order chi connectivity index (χ0) is 59.0. The number of carbonyl (C=O) groups excluding carboxylic acids is 8. The Morgan fingerprint density at radius 3 is 2.21 bits per heavy atom. The number of thiol groups is 1. The fourth-order valence-corrected chi connectivity index (χ4v) is 10.4. The van der Waals surface area contributed by atoms with Crippen LogP contribution in [0.3, 0.4) is 0 Å². The third-order valence-electron chi connectivity index (χ3n) is 14.5. The predicted molar refractivity (Wildman–Crippen MR) is 309 cm³/mol. The van der Waals surface area contributed by atoms with Gasteiger partial charge in [0.1, 0.15) is 12.6 Å². The Morgan fingerprint density at radius 2 is 1.54 bits per heavy atom. The number of aryl methyl sites for hydroxylation is 1. The molecule has 8 amide bonds. The molecule has 3 aromatic carbocycles. The minimum Gasteiger partial charge on any atom is -0.493 e. The van der Waals surface area contributed by atoms with Gasteiger partial charge >= 0.3 is 6.09 Å². The molecular weight excluding hydrogens is 1080 g/mol. The van der Waals surface area contributed by atoms with E-state index in [1.165, 1.54) is 29.0 Å². The highest BCUT2D eigenvalue weighted by atomic mass is 32.1. The number of nitrogens with one attached hydrogen (secondary N) is 3. The van der Waals surface area contributed by atoms with Crippen LogP contribution in [0.5, 0.6) is 23.0 Å². The van der Waals surface area contributed by atoms with Gasteiger partial charge in [-0.15, -0.1) is 0 Å². The number of aliphatic hydroxyl groups excluding tert-OH is 1. The van der Waals surface area contributed by atoms with Gasteiger partial charge in [-0.05, 0) is 93.7 Å². The van der Waals surface area contributed by atoms with Crippen LogP contribution in [0.1, 0.15) is 105 Å². The Balaban J connectivity index is 0.902. The fourth-order valence-electron chi connectivity index (χ4n) is 10.1. The Labute approximate surface area is 482 Å². The molecule has 4 N–H and O–H groups in total. The molecule has 82 heavy (non-hydrogen) atoms. The van der Waals surface area contributed by atoms with Crippen molar-refractivity contribution >= 4 is 83.9 Å². The Kier molecular flexibility index (Phi) is 22.0. The number of aliphatic hydroxyl groups is 1. The van der Waals surface area contributed by atoms with E-state index >= 15 is 0 Å². The smallest absolute Gasteiger partial charge is 0.416 e. The van der Waals surface area contributed by atoms with Crippen LogP contribution in [-0.2, 0) is 40.1 Å².